The standard InChI is InChI=1S/C13H16N2O2/c1-8-5-6-10(16)9(7-8)11-14-12(15-17-11)13(2,3)4/h5-7,16H,1-4H3. The fourth-order valence-electron chi connectivity index (χ4n) is 1.46. The highest BCUT2D eigenvalue weighted by Gasteiger charge is 2.22. The highest BCUT2D eigenvalue weighted by atomic mass is 16.5. The van der Waals surface area contributed by atoms with Crippen molar-refractivity contribution in [2.45, 2.75) is 33.1 Å². The zero-order valence-electron chi connectivity index (χ0n) is 10.5. The van der Waals surface area contributed by atoms with Crippen LogP contribution in [-0.2, 0) is 5.41 Å². The first-order valence-corrected chi connectivity index (χ1v) is 5.52. The van der Waals surface area contributed by atoms with E-state index in [1.165, 1.54) is 0 Å². The Morgan fingerprint density at radius 2 is 1.94 bits per heavy atom. The Bertz CT molecular complexity index is 539. The molecule has 0 atom stereocenters. The molecular weight excluding hydrogens is 216 g/mol. The van der Waals surface area contributed by atoms with Crippen molar-refractivity contribution in [1.82, 2.24) is 10.1 Å². The molecule has 17 heavy (non-hydrogen) atoms. The van der Waals surface area contributed by atoms with E-state index in [0.717, 1.165) is 5.56 Å². The van der Waals surface area contributed by atoms with Crippen molar-refractivity contribution >= 4 is 0 Å². The van der Waals surface area contributed by atoms with Gasteiger partial charge in [0.25, 0.3) is 5.89 Å². The summed E-state index contributed by atoms with van der Waals surface area (Å²) in [5.41, 5.74) is 1.45. The van der Waals surface area contributed by atoms with Gasteiger partial charge in [-0.25, -0.2) is 0 Å². The Labute approximate surface area is 100 Å². The van der Waals surface area contributed by atoms with Gasteiger partial charge in [0.15, 0.2) is 5.82 Å². The van der Waals surface area contributed by atoms with E-state index in [9.17, 15) is 5.11 Å². The van der Waals surface area contributed by atoms with Crippen LogP contribution in [0.4, 0.5) is 0 Å². The summed E-state index contributed by atoms with van der Waals surface area (Å²) in [6.45, 7) is 7.98. The van der Waals surface area contributed by atoms with E-state index in [0.29, 0.717) is 17.3 Å². The third kappa shape index (κ3) is 2.30. The molecule has 2 rings (SSSR count). The molecule has 2 aromatic rings. The summed E-state index contributed by atoms with van der Waals surface area (Å²) in [7, 11) is 0. The number of phenolic OH excluding ortho intramolecular Hbond substituents is 1. The van der Waals surface area contributed by atoms with Gasteiger partial charge < -0.3 is 9.63 Å². The fraction of sp³-hybridized carbons (Fsp3) is 0.385. The van der Waals surface area contributed by atoms with Crippen molar-refractivity contribution in [3.05, 3.63) is 29.6 Å². The second kappa shape index (κ2) is 3.87. The molecule has 0 saturated heterocycles. The lowest BCUT2D eigenvalue weighted by atomic mass is 9.96. The molecule has 0 saturated carbocycles. The number of rotatable bonds is 1. The van der Waals surface area contributed by atoms with E-state index in [4.69, 9.17) is 4.52 Å². The second-order valence-electron chi connectivity index (χ2n) is 5.19. The number of aromatic nitrogens is 2. The molecule has 0 radical (unpaired) electrons. The van der Waals surface area contributed by atoms with Gasteiger partial charge in [-0.15, -0.1) is 0 Å². The maximum Gasteiger partial charge on any atom is 0.261 e. The number of benzene rings is 1. The van der Waals surface area contributed by atoms with Crippen LogP contribution in [0.2, 0.25) is 0 Å². The zero-order valence-corrected chi connectivity index (χ0v) is 10.5. The van der Waals surface area contributed by atoms with E-state index in [-0.39, 0.29) is 11.2 Å². The predicted octanol–water partition coefficient (Wildman–Crippen LogP) is 3.05. The average molecular weight is 232 g/mol. The summed E-state index contributed by atoms with van der Waals surface area (Å²) < 4.78 is 5.19. The van der Waals surface area contributed by atoms with Crippen LogP contribution in [0.1, 0.15) is 32.2 Å². The lowest BCUT2D eigenvalue weighted by molar-refractivity contribution is 0.399. The quantitative estimate of drug-likeness (QED) is 0.821. The topological polar surface area (TPSA) is 59.2 Å². The van der Waals surface area contributed by atoms with E-state index in [1.807, 2.05) is 39.8 Å². The van der Waals surface area contributed by atoms with E-state index in [2.05, 4.69) is 10.1 Å². The van der Waals surface area contributed by atoms with Crippen LogP contribution >= 0.6 is 0 Å². The van der Waals surface area contributed by atoms with Gasteiger partial charge >= 0.3 is 0 Å². The molecule has 0 fully saturated rings. The number of aromatic hydroxyl groups is 1. The summed E-state index contributed by atoms with van der Waals surface area (Å²) >= 11 is 0. The van der Waals surface area contributed by atoms with Crippen LogP contribution in [0.25, 0.3) is 11.5 Å². The van der Waals surface area contributed by atoms with Gasteiger partial charge in [-0.3, -0.25) is 0 Å². The molecule has 1 aromatic carbocycles. The fourth-order valence-corrected chi connectivity index (χ4v) is 1.46. The number of phenols is 1. The van der Waals surface area contributed by atoms with Crippen LogP contribution < -0.4 is 0 Å². The summed E-state index contributed by atoms with van der Waals surface area (Å²) in [5, 5.41) is 13.7. The van der Waals surface area contributed by atoms with Crippen LogP contribution in [0.15, 0.2) is 22.7 Å². The zero-order chi connectivity index (χ0) is 12.6. The first-order valence-electron chi connectivity index (χ1n) is 5.52. The van der Waals surface area contributed by atoms with Crippen molar-refractivity contribution < 1.29 is 9.63 Å². The maximum absolute atomic E-state index is 9.77. The summed E-state index contributed by atoms with van der Waals surface area (Å²) in [6.07, 6.45) is 0. The molecular formula is C13H16N2O2. The van der Waals surface area contributed by atoms with Gasteiger partial charge in [0.05, 0.1) is 5.56 Å². The van der Waals surface area contributed by atoms with Gasteiger partial charge in [0, 0.05) is 5.41 Å². The summed E-state index contributed by atoms with van der Waals surface area (Å²) in [4.78, 5) is 4.32. The van der Waals surface area contributed by atoms with Gasteiger partial charge in [-0.2, -0.15) is 4.98 Å². The van der Waals surface area contributed by atoms with Crippen molar-refractivity contribution in [2.24, 2.45) is 0 Å². The van der Waals surface area contributed by atoms with Crippen molar-refractivity contribution in [2.75, 3.05) is 0 Å². The molecule has 90 valence electrons. The largest absolute Gasteiger partial charge is 0.507 e. The van der Waals surface area contributed by atoms with Crippen LogP contribution in [-0.4, -0.2) is 15.2 Å². The number of hydrogen-bond acceptors (Lipinski definition) is 4. The van der Waals surface area contributed by atoms with Crippen molar-refractivity contribution in [3.8, 4) is 17.2 Å². The minimum absolute atomic E-state index is 0.153. The molecule has 1 heterocycles. The summed E-state index contributed by atoms with van der Waals surface area (Å²) in [6, 6.07) is 5.29. The molecule has 0 aliphatic carbocycles. The molecule has 4 nitrogen and oxygen atoms in total. The Kier molecular flexibility index (Phi) is 2.65. The van der Waals surface area contributed by atoms with Gasteiger partial charge in [0.1, 0.15) is 5.75 Å². The Balaban J connectivity index is 2.47. The van der Waals surface area contributed by atoms with Gasteiger partial charge in [-0.05, 0) is 19.1 Å². The lowest BCUT2D eigenvalue weighted by Gasteiger charge is -2.10. The molecule has 0 bridgehead atoms. The molecule has 0 unspecified atom stereocenters. The van der Waals surface area contributed by atoms with Gasteiger partial charge in [-0.1, -0.05) is 37.6 Å². The Hall–Kier alpha value is -1.84. The minimum atomic E-state index is -0.165. The molecule has 1 aromatic heterocycles. The number of nitrogens with zero attached hydrogens (tertiary/aromatic N) is 2. The van der Waals surface area contributed by atoms with E-state index < -0.39 is 0 Å². The average Bonchev–Trinajstić information content (AvgIpc) is 2.70. The number of aryl methyl sites for hydroxylation is 1. The van der Waals surface area contributed by atoms with E-state index >= 15 is 0 Å². The Morgan fingerprint density at radius 3 is 2.53 bits per heavy atom. The molecule has 0 aliphatic heterocycles. The second-order valence-corrected chi connectivity index (χ2v) is 5.19. The SMILES string of the molecule is Cc1ccc(O)c(-c2nc(C(C)(C)C)no2)c1. The smallest absolute Gasteiger partial charge is 0.261 e. The normalized spacial score (nSPS) is 11.8. The van der Waals surface area contributed by atoms with E-state index in [1.54, 1.807) is 6.07 Å². The van der Waals surface area contributed by atoms with Crippen LogP contribution in [0, 0.1) is 6.92 Å². The Morgan fingerprint density at radius 1 is 1.24 bits per heavy atom. The highest BCUT2D eigenvalue weighted by Crippen LogP contribution is 2.30. The third-order valence-corrected chi connectivity index (χ3v) is 2.48. The molecule has 0 spiro atoms. The minimum Gasteiger partial charge on any atom is -0.507 e. The first kappa shape index (κ1) is 11.6. The molecule has 0 aliphatic rings. The number of hydrogen-bond donors (Lipinski definition) is 1. The maximum atomic E-state index is 9.77. The van der Waals surface area contributed by atoms with Gasteiger partial charge in [0.2, 0.25) is 0 Å². The molecule has 1 N–H and O–H groups in total. The van der Waals surface area contributed by atoms with Crippen LogP contribution in [0.3, 0.4) is 0 Å². The first-order chi connectivity index (χ1) is 7.88. The third-order valence-electron chi connectivity index (χ3n) is 2.48. The van der Waals surface area contributed by atoms with Crippen molar-refractivity contribution in [3.63, 3.8) is 0 Å². The lowest BCUT2D eigenvalue weighted by Crippen LogP contribution is -2.13. The van der Waals surface area contributed by atoms with Crippen molar-refractivity contribution in [1.29, 1.82) is 0 Å². The monoisotopic (exact) mass is 232 g/mol. The van der Waals surface area contributed by atoms with Crippen LogP contribution in [0.5, 0.6) is 5.75 Å². The summed E-state index contributed by atoms with van der Waals surface area (Å²) in [5.74, 6) is 1.14. The molecule has 4 heteroatoms. The molecule has 0 amide bonds. The highest BCUT2D eigenvalue weighted by molar-refractivity contribution is 5.63. The predicted molar refractivity (Wildman–Crippen MR) is 64.8 cm³/mol.